The molecule has 0 saturated carbocycles. The number of pyridine rings is 1. The third-order valence-electron chi connectivity index (χ3n) is 2.43. The number of hydrogen-bond acceptors (Lipinski definition) is 2. The fourth-order valence-corrected chi connectivity index (χ4v) is 2.29. The number of hydrogen-bond donors (Lipinski definition) is 1. The van der Waals surface area contributed by atoms with Gasteiger partial charge in [0.25, 0.3) is 0 Å². The molecule has 86 valence electrons. The Kier molecular flexibility index (Phi) is 3.42. The Morgan fingerprint density at radius 2 is 1.94 bits per heavy atom. The van der Waals surface area contributed by atoms with Crippen molar-refractivity contribution in [1.82, 2.24) is 4.98 Å². The van der Waals surface area contributed by atoms with Gasteiger partial charge in [0.15, 0.2) is 5.82 Å². The van der Waals surface area contributed by atoms with Crippen LogP contribution in [0.2, 0.25) is 0 Å². The van der Waals surface area contributed by atoms with E-state index >= 15 is 0 Å². The van der Waals surface area contributed by atoms with Crippen LogP contribution < -0.4 is 5.73 Å². The highest BCUT2D eigenvalue weighted by molar-refractivity contribution is 14.1. The van der Waals surface area contributed by atoms with Gasteiger partial charge in [-0.1, -0.05) is 36.9 Å². The second-order valence-electron chi connectivity index (χ2n) is 3.52. The lowest BCUT2D eigenvalue weighted by molar-refractivity contribution is 0.613. The van der Waals surface area contributed by atoms with Gasteiger partial charge in [0.05, 0.1) is 9.77 Å². The molecule has 0 bridgehead atoms. The summed E-state index contributed by atoms with van der Waals surface area (Å²) in [5, 5.41) is 0. The number of aromatic nitrogens is 1. The van der Waals surface area contributed by atoms with Gasteiger partial charge >= 0.3 is 0 Å². The van der Waals surface area contributed by atoms with Gasteiger partial charge < -0.3 is 5.73 Å². The summed E-state index contributed by atoms with van der Waals surface area (Å²) in [6.07, 6.45) is 1.12. The van der Waals surface area contributed by atoms with Gasteiger partial charge in [-0.25, -0.2) is 9.37 Å². The fraction of sp³-hybridized carbons (Fsp3) is 0. The number of halogens is 2. The highest BCUT2D eigenvalue weighted by Crippen LogP contribution is 2.30. The molecule has 0 atom stereocenters. The van der Waals surface area contributed by atoms with Crippen molar-refractivity contribution < 1.29 is 4.39 Å². The van der Waals surface area contributed by atoms with Crippen LogP contribution in [0.4, 0.5) is 10.2 Å². The van der Waals surface area contributed by atoms with Crippen molar-refractivity contribution in [3.63, 3.8) is 0 Å². The molecule has 2 N–H and O–H groups in total. The summed E-state index contributed by atoms with van der Waals surface area (Å²) in [5.74, 6) is -0.0865. The largest absolute Gasteiger partial charge is 0.383 e. The molecule has 1 aromatic carbocycles. The average molecular weight is 340 g/mol. The first-order chi connectivity index (χ1) is 8.11. The van der Waals surface area contributed by atoms with Crippen LogP contribution in [0.5, 0.6) is 0 Å². The van der Waals surface area contributed by atoms with E-state index in [0.29, 0.717) is 20.5 Å². The van der Waals surface area contributed by atoms with Gasteiger partial charge in [-0.3, -0.25) is 0 Å². The number of benzene rings is 1. The summed E-state index contributed by atoms with van der Waals surface area (Å²) in [6, 6.07) is 9.52. The molecule has 0 radical (unpaired) electrons. The van der Waals surface area contributed by atoms with E-state index in [2.05, 4.69) is 11.6 Å². The van der Waals surface area contributed by atoms with Crippen LogP contribution in [0.15, 0.2) is 43.1 Å². The van der Waals surface area contributed by atoms with E-state index in [0.717, 1.165) is 11.8 Å². The van der Waals surface area contributed by atoms with Crippen LogP contribution in [0.3, 0.4) is 0 Å². The topological polar surface area (TPSA) is 38.9 Å². The van der Waals surface area contributed by atoms with E-state index in [1.807, 2.05) is 52.9 Å². The monoisotopic (exact) mass is 340 g/mol. The molecule has 2 aromatic rings. The molecule has 2 rings (SSSR count). The Bertz CT molecular complexity index is 567. The predicted molar refractivity (Wildman–Crippen MR) is 75.9 cm³/mol. The molecule has 17 heavy (non-hydrogen) atoms. The van der Waals surface area contributed by atoms with Crippen LogP contribution in [0.25, 0.3) is 5.57 Å². The predicted octanol–water partition coefficient (Wildman–Crippen LogP) is 3.47. The maximum atomic E-state index is 13.5. The number of anilines is 1. The highest BCUT2D eigenvalue weighted by Gasteiger charge is 2.14. The minimum Gasteiger partial charge on any atom is -0.383 e. The van der Waals surface area contributed by atoms with Gasteiger partial charge in [-0.2, -0.15) is 0 Å². The molecule has 0 aliphatic carbocycles. The normalized spacial score (nSPS) is 10.2. The molecule has 0 fully saturated rings. The maximum absolute atomic E-state index is 13.5. The summed E-state index contributed by atoms with van der Waals surface area (Å²) in [6.45, 7) is 3.97. The van der Waals surface area contributed by atoms with Crippen LogP contribution >= 0.6 is 22.6 Å². The van der Waals surface area contributed by atoms with E-state index in [1.165, 1.54) is 0 Å². The van der Waals surface area contributed by atoms with Crippen molar-refractivity contribution in [1.29, 1.82) is 0 Å². The molecule has 0 saturated heterocycles. The Balaban J connectivity index is 2.56. The molecule has 0 unspecified atom stereocenters. The summed E-state index contributed by atoms with van der Waals surface area (Å²) in [7, 11) is 0. The molecular weight excluding hydrogens is 330 g/mol. The zero-order valence-corrected chi connectivity index (χ0v) is 11.1. The van der Waals surface area contributed by atoms with Gasteiger partial charge in [0.2, 0.25) is 0 Å². The van der Waals surface area contributed by atoms with Crippen LogP contribution in [0, 0.1) is 9.39 Å². The lowest BCUT2D eigenvalue weighted by atomic mass is 10.0. The Morgan fingerprint density at radius 1 is 1.29 bits per heavy atom. The van der Waals surface area contributed by atoms with Crippen molar-refractivity contribution in [2.45, 2.75) is 0 Å². The van der Waals surface area contributed by atoms with Gasteiger partial charge in [-0.15, -0.1) is 0 Å². The number of nitrogens with two attached hydrogens (primary N) is 1. The lowest BCUT2D eigenvalue weighted by Crippen LogP contribution is -2.02. The first kappa shape index (κ1) is 12.0. The zero-order chi connectivity index (χ0) is 12.4. The van der Waals surface area contributed by atoms with Gasteiger partial charge in [0, 0.05) is 5.56 Å². The van der Waals surface area contributed by atoms with Crippen LogP contribution in [-0.2, 0) is 0 Å². The molecule has 2 nitrogen and oxygen atoms in total. The summed E-state index contributed by atoms with van der Waals surface area (Å²) in [5.41, 5.74) is 7.94. The molecule has 0 aliphatic heterocycles. The third kappa shape index (κ3) is 2.31. The average Bonchev–Trinajstić information content (AvgIpc) is 2.35. The van der Waals surface area contributed by atoms with Crippen molar-refractivity contribution in [3.05, 3.63) is 63.6 Å². The quantitative estimate of drug-likeness (QED) is 0.851. The Hall–Kier alpha value is -1.43. The summed E-state index contributed by atoms with van der Waals surface area (Å²) < 4.78 is 13.9. The van der Waals surface area contributed by atoms with E-state index in [-0.39, 0.29) is 5.82 Å². The highest BCUT2D eigenvalue weighted by atomic mass is 127. The Labute approximate surface area is 113 Å². The fourth-order valence-electron chi connectivity index (χ4n) is 1.55. The molecule has 1 aromatic heterocycles. The molecule has 4 heteroatoms. The van der Waals surface area contributed by atoms with Crippen molar-refractivity contribution in [3.8, 4) is 0 Å². The standard InChI is InChI=1S/C13H10FIN2/c1-8(9-5-3-2-4-6-9)11-12(15)10(14)7-17-13(11)16/h2-7H,1H2,(H2,16,17). The molecule has 1 heterocycles. The smallest absolute Gasteiger partial charge is 0.155 e. The summed E-state index contributed by atoms with van der Waals surface area (Å²) in [4.78, 5) is 3.82. The van der Waals surface area contributed by atoms with E-state index < -0.39 is 0 Å². The minimum absolute atomic E-state index is 0.296. The van der Waals surface area contributed by atoms with E-state index in [4.69, 9.17) is 5.73 Å². The van der Waals surface area contributed by atoms with Crippen molar-refractivity contribution in [2.75, 3.05) is 5.73 Å². The van der Waals surface area contributed by atoms with Crippen LogP contribution in [-0.4, -0.2) is 4.98 Å². The van der Waals surface area contributed by atoms with Gasteiger partial charge in [0.1, 0.15) is 5.82 Å². The lowest BCUT2D eigenvalue weighted by Gasteiger charge is -2.11. The molecular formula is C13H10FIN2. The third-order valence-corrected chi connectivity index (χ3v) is 3.48. The number of nitrogen functional groups attached to an aromatic ring is 1. The maximum Gasteiger partial charge on any atom is 0.155 e. The van der Waals surface area contributed by atoms with E-state index in [1.54, 1.807) is 0 Å². The Morgan fingerprint density at radius 3 is 2.59 bits per heavy atom. The molecule has 0 spiro atoms. The van der Waals surface area contributed by atoms with Gasteiger partial charge in [-0.05, 0) is 33.7 Å². The molecule has 0 aliphatic rings. The van der Waals surface area contributed by atoms with Crippen molar-refractivity contribution >= 4 is 34.0 Å². The van der Waals surface area contributed by atoms with Crippen molar-refractivity contribution in [2.24, 2.45) is 0 Å². The second kappa shape index (κ2) is 4.83. The number of rotatable bonds is 2. The van der Waals surface area contributed by atoms with Crippen LogP contribution in [0.1, 0.15) is 11.1 Å². The molecule has 0 amide bonds. The summed E-state index contributed by atoms with van der Waals surface area (Å²) >= 11 is 1.92. The zero-order valence-electron chi connectivity index (χ0n) is 8.95. The first-order valence-corrected chi connectivity index (χ1v) is 6.03. The SMILES string of the molecule is C=C(c1ccccc1)c1c(N)ncc(F)c1I. The number of nitrogens with zero attached hydrogens (tertiary/aromatic N) is 1. The minimum atomic E-state index is -0.383. The first-order valence-electron chi connectivity index (χ1n) is 4.95. The van der Waals surface area contributed by atoms with E-state index in [9.17, 15) is 4.39 Å². The second-order valence-corrected chi connectivity index (χ2v) is 4.60.